The van der Waals surface area contributed by atoms with Gasteiger partial charge in [-0.05, 0) is 35.6 Å². The van der Waals surface area contributed by atoms with Crippen molar-refractivity contribution < 1.29 is 9.53 Å². The van der Waals surface area contributed by atoms with E-state index in [-0.39, 0.29) is 12.6 Å². The molecule has 27 heavy (non-hydrogen) atoms. The number of benzene rings is 2. The Balaban J connectivity index is 1.51. The van der Waals surface area contributed by atoms with Gasteiger partial charge in [-0.25, -0.2) is 4.79 Å². The minimum atomic E-state index is -0.405. The molecule has 2 aromatic carbocycles. The Bertz CT molecular complexity index is 821. The number of hydrogen-bond acceptors (Lipinski definition) is 4. The second kappa shape index (κ2) is 8.59. The lowest BCUT2D eigenvalue weighted by atomic mass is 9.98. The van der Waals surface area contributed by atoms with Crippen LogP contribution >= 0.6 is 0 Å². The zero-order valence-electron chi connectivity index (χ0n) is 15.8. The Morgan fingerprint density at radius 3 is 2.63 bits per heavy atom. The van der Waals surface area contributed by atoms with Gasteiger partial charge in [0.1, 0.15) is 12.7 Å². The van der Waals surface area contributed by atoms with Crippen molar-refractivity contribution in [3.05, 3.63) is 65.2 Å². The van der Waals surface area contributed by atoms with Crippen molar-refractivity contribution in [2.75, 3.05) is 18.0 Å². The van der Waals surface area contributed by atoms with Crippen LogP contribution in [0.3, 0.4) is 0 Å². The van der Waals surface area contributed by atoms with Crippen LogP contribution in [0.5, 0.6) is 0 Å². The number of nitrogens with one attached hydrogen (secondary N) is 1. The van der Waals surface area contributed by atoms with E-state index in [1.165, 1.54) is 5.56 Å². The molecule has 0 saturated carbocycles. The number of alkyl carbamates (subject to hydrolysis) is 1. The summed E-state index contributed by atoms with van der Waals surface area (Å²) in [7, 11) is 0. The Hall–Kier alpha value is -3.00. The molecule has 1 fully saturated rings. The van der Waals surface area contributed by atoms with Crippen LogP contribution in [0.4, 0.5) is 10.5 Å². The van der Waals surface area contributed by atoms with Gasteiger partial charge in [-0.2, -0.15) is 5.26 Å². The van der Waals surface area contributed by atoms with E-state index in [4.69, 9.17) is 4.74 Å². The van der Waals surface area contributed by atoms with Crippen molar-refractivity contribution in [3.8, 4) is 6.07 Å². The van der Waals surface area contributed by atoms with Crippen LogP contribution in [0.1, 0.15) is 30.5 Å². The van der Waals surface area contributed by atoms with E-state index in [9.17, 15) is 10.1 Å². The van der Waals surface area contributed by atoms with E-state index in [0.717, 1.165) is 17.7 Å². The molecule has 5 nitrogen and oxygen atoms in total. The Kier molecular flexibility index (Phi) is 5.97. The van der Waals surface area contributed by atoms with E-state index < -0.39 is 6.09 Å². The first-order valence-corrected chi connectivity index (χ1v) is 9.30. The maximum absolute atomic E-state index is 12.0. The molecule has 0 aliphatic carbocycles. The third-order valence-electron chi connectivity index (χ3n) is 4.58. The quantitative estimate of drug-likeness (QED) is 0.846. The number of amides is 1. The number of carbonyl (C=O) groups excluding carboxylic acids is 1. The lowest BCUT2D eigenvalue weighted by Gasteiger charge is -2.41. The van der Waals surface area contributed by atoms with Crippen molar-refractivity contribution in [3.63, 3.8) is 0 Å². The molecule has 1 aliphatic heterocycles. The number of rotatable bonds is 6. The molecule has 1 N–H and O–H groups in total. The van der Waals surface area contributed by atoms with Crippen LogP contribution in [0.2, 0.25) is 0 Å². The van der Waals surface area contributed by atoms with Crippen molar-refractivity contribution in [2.45, 2.75) is 32.9 Å². The molecule has 1 aliphatic rings. The number of carbonyl (C=O) groups is 1. The molecule has 5 heteroatoms. The summed E-state index contributed by atoms with van der Waals surface area (Å²) in [6.07, 6.45) is 0.581. The number of ether oxygens (including phenoxy) is 1. The lowest BCUT2D eigenvalue weighted by molar-refractivity contribution is 0.133. The van der Waals surface area contributed by atoms with Gasteiger partial charge in [0.2, 0.25) is 0 Å². The van der Waals surface area contributed by atoms with Gasteiger partial charge in [-0.1, -0.05) is 50.2 Å². The standard InChI is InChI=1S/C22H25N3O2/c1-16(2)10-18-8-9-19(12-23)21(11-18)25-13-20(14-25)24-22(26)27-15-17-6-4-3-5-7-17/h3-9,11,16,20H,10,13-15H2,1-2H3,(H,24,26). The predicted octanol–water partition coefficient (Wildman–Crippen LogP) is 3.87. The van der Waals surface area contributed by atoms with Crippen LogP contribution < -0.4 is 10.2 Å². The van der Waals surface area contributed by atoms with E-state index >= 15 is 0 Å². The molecule has 2 aromatic rings. The van der Waals surface area contributed by atoms with Crippen molar-refractivity contribution >= 4 is 11.8 Å². The van der Waals surface area contributed by atoms with E-state index in [2.05, 4.69) is 36.2 Å². The van der Waals surface area contributed by atoms with Gasteiger partial charge in [0, 0.05) is 13.1 Å². The third kappa shape index (κ3) is 5.01. The molecule has 0 spiro atoms. The van der Waals surface area contributed by atoms with E-state index in [1.54, 1.807) is 0 Å². The van der Waals surface area contributed by atoms with Gasteiger partial charge in [-0.15, -0.1) is 0 Å². The summed E-state index contributed by atoms with van der Waals surface area (Å²) >= 11 is 0. The zero-order valence-corrected chi connectivity index (χ0v) is 15.8. The molecule has 0 radical (unpaired) electrons. The molecule has 0 aromatic heterocycles. The second-order valence-corrected chi connectivity index (χ2v) is 7.37. The van der Waals surface area contributed by atoms with Crippen LogP contribution in [0.15, 0.2) is 48.5 Å². The number of hydrogen-bond donors (Lipinski definition) is 1. The van der Waals surface area contributed by atoms with E-state index in [1.807, 2.05) is 42.5 Å². The molecule has 0 atom stereocenters. The summed E-state index contributed by atoms with van der Waals surface area (Å²) in [6, 6.07) is 17.9. The van der Waals surface area contributed by atoms with Gasteiger partial charge >= 0.3 is 6.09 Å². The summed E-state index contributed by atoms with van der Waals surface area (Å²) < 4.78 is 5.26. The molecule has 1 saturated heterocycles. The highest BCUT2D eigenvalue weighted by molar-refractivity contribution is 5.69. The lowest BCUT2D eigenvalue weighted by Crippen LogP contribution is -2.59. The average Bonchev–Trinajstić information content (AvgIpc) is 2.63. The summed E-state index contributed by atoms with van der Waals surface area (Å²) in [5, 5.41) is 12.3. The monoisotopic (exact) mass is 363 g/mol. The summed E-state index contributed by atoms with van der Waals surface area (Å²) in [5.41, 5.74) is 3.82. The Morgan fingerprint density at radius 1 is 1.22 bits per heavy atom. The van der Waals surface area contributed by atoms with Crippen LogP contribution in [-0.2, 0) is 17.8 Å². The first-order chi connectivity index (χ1) is 13.0. The Labute approximate surface area is 160 Å². The minimum absolute atomic E-state index is 0.0357. The second-order valence-electron chi connectivity index (χ2n) is 7.37. The molecular weight excluding hydrogens is 338 g/mol. The van der Waals surface area contributed by atoms with Gasteiger partial charge in [-0.3, -0.25) is 0 Å². The highest BCUT2D eigenvalue weighted by atomic mass is 16.5. The highest BCUT2D eigenvalue weighted by Crippen LogP contribution is 2.27. The number of anilines is 1. The van der Waals surface area contributed by atoms with Crippen molar-refractivity contribution in [1.29, 1.82) is 5.26 Å². The van der Waals surface area contributed by atoms with Crippen LogP contribution in [0.25, 0.3) is 0 Å². The topological polar surface area (TPSA) is 65.4 Å². The molecule has 0 unspecified atom stereocenters. The van der Waals surface area contributed by atoms with Crippen molar-refractivity contribution in [1.82, 2.24) is 5.32 Å². The van der Waals surface area contributed by atoms with E-state index in [0.29, 0.717) is 24.6 Å². The van der Waals surface area contributed by atoms with Gasteiger partial charge in [0.05, 0.1) is 17.3 Å². The Morgan fingerprint density at radius 2 is 1.96 bits per heavy atom. The van der Waals surface area contributed by atoms with Gasteiger partial charge < -0.3 is 15.0 Å². The third-order valence-corrected chi connectivity index (χ3v) is 4.58. The fourth-order valence-corrected chi connectivity index (χ4v) is 3.23. The molecule has 140 valence electrons. The first-order valence-electron chi connectivity index (χ1n) is 9.30. The maximum Gasteiger partial charge on any atom is 0.407 e. The summed E-state index contributed by atoms with van der Waals surface area (Å²) in [4.78, 5) is 14.1. The largest absolute Gasteiger partial charge is 0.445 e. The minimum Gasteiger partial charge on any atom is -0.445 e. The molecule has 3 rings (SSSR count). The predicted molar refractivity (Wildman–Crippen MR) is 105 cm³/mol. The van der Waals surface area contributed by atoms with Gasteiger partial charge in [0.25, 0.3) is 0 Å². The van der Waals surface area contributed by atoms with Crippen LogP contribution in [-0.4, -0.2) is 25.2 Å². The summed E-state index contributed by atoms with van der Waals surface area (Å²) in [5.74, 6) is 0.566. The van der Waals surface area contributed by atoms with Crippen molar-refractivity contribution in [2.24, 2.45) is 5.92 Å². The first kappa shape index (κ1) is 18.8. The number of nitrogens with zero attached hydrogens (tertiary/aromatic N) is 2. The normalized spacial score (nSPS) is 13.8. The molecule has 1 heterocycles. The fraction of sp³-hybridized carbons (Fsp3) is 0.364. The SMILES string of the molecule is CC(C)Cc1ccc(C#N)c(N2CC(NC(=O)OCc3ccccc3)C2)c1. The van der Waals surface area contributed by atoms with Gasteiger partial charge in [0.15, 0.2) is 0 Å². The fourth-order valence-electron chi connectivity index (χ4n) is 3.23. The molecule has 0 bridgehead atoms. The molecule has 1 amide bonds. The maximum atomic E-state index is 12.0. The average molecular weight is 363 g/mol. The smallest absolute Gasteiger partial charge is 0.407 e. The van der Waals surface area contributed by atoms with Crippen LogP contribution in [0, 0.1) is 17.2 Å². The number of nitriles is 1. The molecular formula is C22H25N3O2. The highest BCUT2D eigenvalue weighted by Gasteiger charge is 2.30. The zero-order chi connectivity index (χ0) is 19.2. The summed E-state index contributed by atoms with van der Waals surface area (Å²) in [6.45, 7) is 5.99.